The average Bonchev–Trinajstić information content (AvgIpc) is 2.50. The Morgan fingerprint density at radius 1 is 1.17 bits per heavy atom. The van der Waals surface area contributed by atoms with Crippen LogP contribution >= 0.6 is 0 Å². The van der Waals surface area contributed by atoms with E-state index in [1.165, 1.54) is 12.1 Å². The number of carboxylic acid groups (broad SMARTS) is 1. The van der Waals surface area contributed by atoms with Crippen LogP contribution < -0.4 is 4.90 Å². The number of benzene rings is 1. The minimum Gasteiger partial charge on any atom is -0.478 e. The van der Waals surface area contributed by atoms with Crippen LogP contribution in [0.4, 0.5) is 32.0 Å². The second kappa shape index (κ2) is 5.78. The highest BCUT2D eigenvalue weighted by Crippen LogP contribution is 2.51. The molecule has 1 unspecified atom stereocenters. The van der Waals surface area contributed by atoms with Crippen LogP contribution in [0, 0.1) is 0 Å². The van der Waals surface area contributed by atoms with Gasteiger partial charge in [-0.05, 0) is 6.07 Å². The number of fused-ring (bicyclic) bond motifs is 1. The molecule has 1 aliphatic heterocycles. The van der Waals surface area contributed by atoms with E-state index in [1.807, 2.05) is 0 Å². The average molecular weight is 339 g/mol. The van der Waals surface area contributed by atoms with Crippen molar-refractivity contribution in [1.82, 2.24) is 0 Å². The lowest BCUT2D eigenvalue weighted by molar-refractivity contribution is -0.185. The number of hydrogen-bond donors (Lipinski definition) is 1. The molecule has 1 N–H and O–H groups in total. The molecule has 0 fully saturated rings. The zero-order chi connectivity index (χ0) is 17.4. The van der Waals surface area contributed by atoms with Crippen molar-refractivity contribution >= 4 is 17.2 Å². The molecule has 1 atom stereocenters. The second-order valence-corrected chi connectivity index (χ2v) is 4.85. The van der Waals surface area contributed by atoms with Crippen molar-refractivity contribution < 1.29 is 36.2 Å². The van der Waals surface area contributed by atoms with E-state index < -0.39 is 54.7 Å². The van der Waals surface area contributed by atoms with Crippen LogP contribution in [0.1, 0.15) is 5.56 Å². The molecule has 9 heteroatoms. The van der Waals surface area contributed by atoms with Crippen molar-refractivity contribution in [2.45, 2.75) is 11.7 Å². The first-order valence-corrected chi connectivity index (χ1v) is 6.34. The lowest BCUT2D eigenvalue weighted by atomic mass is 9.78. The Morgan fingerprint density at radius 3 is 2.22 bits per heavy atom. The van der Waals surface area contributed by atoms with Gasteiger partial charge in [0.2, 0.25) is 0 Å². The Kier molecular flexibility index (Phi) is 4.32. The van der Waals surface area contributed by atoms with Crippen LogP contribution in [0.15, 0.2) is 29.8 Å². The number of alkyl halides is 6. The maximum Gasteiger partial charge on any atom is 0.418 e. The summed E-state index contributed by atoms with van der Waals surface area (Å²) in [6, 6.07) is 4.82. The van der Waals surface area contributed by atoms with Gasteiger partial charge in [0, 0.05) is 16.8 Å². The predicted octanol–water partition coefficient (Wildman–Crippen LogP) is 3.51. The van der Waals surface area contributed by atoms with Crippen molar-refractivity contribution in [3.8, 4) is 0 Å². The van der Waals surface area contributed by atoms with E-state index in [0.717, 1.165) is 12.1 Å². The van der Waals surface area contributed by atoms with E-state index in [4.69, 9.17) is 5.11 Å². The molecule has 126 valence electrons. The lowest BCUT2D eigenvalue weighted by Gasteiger charge is -2.47. The van der Waals surface area contributed by atoms with Crippen molar-refractivity contribution in [2.75, 3.05) is 25.0 Å². The highest BCUT2D eigenvalue weighted by Gasteiger charge is 2.66. The van der Waals surface area contributed by atoms with Crippen molar-refractivity contribution in [1.29, 1.82) is 0 Å². The summed E-state index contributed by atoms with van der Waals surface area (Å²) >= 11 is 0. The molecule has 1 aromatic carbocycles. The topological polar surface area (TPSA) is 40.5 Å². The molecule has 0 saturated carbocycles. The summed E-state index contributed by atoms with van der Waals surface area (Å²) in [5.41, 5.74) is -6.76. The van der Waals surface area contributed by atoms with Crippen molar-refractivity contribution in [3.63, 3.8) is 0 Å². The maximum atomic E-state index is 13.6. The zero-order valence-electron chi connectivity index (χ0n) is 11.5. The summed E-state index contributed by atoms with van der Waals surface area (Å²) in [6.45, 7) is -5.62. The van der Waals surface area contributed by atoms with E-state index in [1.54, 1.807) is 0 Å². The monoisotopic (exact) mass is 339 g/mol. The molecule has 1 heterocycles. The van der Waals surface area contributed by atoms with Crippen LogP contribution in [-0.2, 0) is 4.79 Å². The standard InChI is InChI=1S/C14H11F6NO2/c15-5-9-8-3-1-2-4-10(8)21(7-17)13(6-16,14(18,19)20)11(9)12(22)23/h1-4H,5-7H2,(H,22,23). The number of carbonyl (C=O) groups is 1. The number of aliphatic carboxylic acids is 1. The molecular weight excluding hydrogens is 328 g/mol. The molecule has 1 aliphatic rings. The van der Waals surface area contributed by atoms with Gasteiger partial charge in [0.05, 0.1) is 5.57 Å². The fraction of sp³-hybridized carbons (Fsp3) is 0.357. The number of nitrogens with zero attached hydrogens (tertiary/aromatic N) is 1. The lowest BCUT2D eigenvalue weighted by Crippen LogP contribution is -2.65. The molecule has 23 heavy (non-hydrogen) atoms. The van der Waals surface area contributed by atoms with Gasteiger partial charge >= 0.3 is 12.1 Å². The van der Waals surface area contributed by atoms with Gasteiger partial charge in [-0.1, -0.05) is 18.2 Å². The summed E-state index contributed by atoms with van der Waals surface area (Å²) in [4.78, 5) is 11.4. The summed E-state index contributed by atoms with van der Waals surface area (Å²) < 4.78 is 81.0. The zero-order valence-corrected chi connectivity index (χ0v) is 11.5. The molecule has 0 spiro atoms. The molecule has 0 amide bonds. The summed E-state index contributed by atoms with van der Waals surface area (Å²) in [6.07, 6.45) is -5.48. The fourth-order valence-corrected chi connectivity index (χ4v) is 2.81. The van der Waals surface area contributed by atoms with E-state index in [-0.39, 0.29) is 10.5 Å². The first-order valence-electron chi connectivity index (χ1n) is 6.34. The van der Waals surface area contributed by atoms with Gasteiger partial charge in [-0.25, -0.2) is 18.0 Å². The van der Waals surface area contributed by atoms with E-state index >= 15 is 0 Å². The molecule has 1 aromatic rings. The largest absolute Gasteiger partial charge is 0.478 e. The first kappa shape index (κ1) is 17.2. The number of para-hydroxylation sites is 1. The van der Waals surface area contributed by atoms with Gasteiger partial charge in [-0.3, -0.25) is 0 Å². The SMILES string of the molecule is O=C(O)C1=C(CF)c2ccccc2N(CF)C1(CF)C(F)(F)F. The Bertz CT molecular complexity index is 657. The minimum atomic E-state index is -5.48. The van der Waals surface area contributed by atoms with Gasteiger partial charge in [0.25, 0.3) is 0 Å². The van der Waals surface area contributed by atoms with E-state index in [2.05, 4.69) is 0 Å². The highest BCUT2D eigenvalue weighted by molar-refractivity contribution is 6.04. The Labute approximate surface area is 126 Å². The number of allylic oxidation sites excluding steroid dienone is 1. The number of hydrogen-bond acceptors (Lipinski definition) is 2. The first-order chi connectivity index (χ1) is 10.8. The van der Waals surface area contributed by atoms with E-state index in [9.17, 15) is 31.1 Å². The van der Waals surface area contributed by atoms with Gasteiger partial charge < -0.3 is 10.0 Å². The molecule has 0 aromatic heterocycles. The molecular formula is C14H11F6NO2. The van der Waals surface area contributed by atoms with Crippen molar-refractivity contribution in [2.24, 2.45) is 0 Å². The number of carboxylic acids is 1. The molecule has 2 rings (SSSR count). The second-order valence-electron chi connectivity index (χ2n) is 4.85. The Hall–Kier alpha value is -2.19. The highest BCUT2D eigenvalue weighted by atomic mass is 19.4. The molecule has 0 saturated heterocycles. The third-order valence-electron chi connectivity index (χ3n) is 3.83. The van der Waals surface area contributed by atoms with Gasteiger partial charge in [0.1, 0.15) is 13.3 Å². The van der Waals surface area contributed by atoms with Crippen molar-refractivity contribution in [3.05, 3.63) is 35.4 Å². The molecule has 0 aliphatic carbocycles. The molecule has 0 bridgehead atoms. The summed E-state index contributed by atoms with van der Waals surface area (Å²) in [5, 5.41) is 9.17. The third kappa shape index (κ3) is 2.25. The summed E-state index contributed by atoms with van der Waals surface area (Å²) in [7, 11) is 0. The number of anilines is 1. The minimum absolute atomic E-state index is 0.0229. The van der Waals surface area contributed by atoms with Gasteiger partial charge in [-0.2, -0.15) is 13.2 Å². The third-order valence-corrected chi connectivity index (χ3v) is 3.83. The van der Waals surface area contributed by atoms with Crippen LogP contribution in [0.3, 0.4) is 0 Å². The predicted molar refractivity (Wildman–Crippen MR) is 70.2 cm³/mol. The fourth-order valence-electron chi connectivity index (χ4n) is 2.81. The van der Waals surface area contributed by atoms with Crippen LogP contribution in [0.5, 0.6) is 0 Å². The summed E-state index contributed by atoms with van der Waals surface area (Å²) in [5.74, 6) is -2.15. The van der Waals surface area contributed by atoms with Crippen LogP contribution in [-0.4, -0.2) is 42.9 Å². The number of rotatable bonds is 4. The quantitative estimate of drug-likeness (QED) is 0.674. The van der Waals surface area contributed by atoms with E-state index in [0.29, 0.717) is 0 Å². The van der Waals surface area contributed by atoms with Gasteiger partial charge in [0.15, 0.2) is 12.3 Å². The maximum absolute atomic E-state index is 13.6. The van der Waals surface area contributed by atoms with Crippen LogP contribution in [0.2, 0.25) is 0 Å². The molecule has 0 radical (unpaired) electrons. The Balaban J connectivity index is 2.97. The smallest absolute Gasteiger partial charge is 0.418 e. The molecule has 3 nitrogen and oxygen atoms in total. The number of halogens is 6. The Morgan fingerprint density at radius 2 is 1.78 bits per heavy atom. The van der Waals surface area contributed by atoms with Gasteiger partial charge in [-0.15, -0.1) is 0 Å². The van der Waals surface area contributed by atoms with Crippen LogP contribution in [0.25, 0.3) is 5.57 Å². The normalized spacial score (nSPS) is 21.4.